The van der Waals surface area contributed by atoms with Gasteiger partial charge in [-0.3, -0.25) is 4.79 Å². The molecule has 17 heavy (non-hydrogen) atoms. The molecular formula is C12H18N2O2S. The fraction of sp³-hybridized carbons (Fsp3) is 0.667. The number of hydrogen-bond donors (Lipinski definition) is 1. The normalized spacial score (nSPS) is 17.0. The maximum atomic E-state index is 12.3. The van der Waals surface area contributed by atoms with Gasteiger partial charge in [0.1, 0.15) is 5.69 Å². The lowest BCUT2D eigenvalue weighted by atomic mass is 9.94. The molecule has 1 aliphatic carbocycles. The van der Waals surface area contributed by atoms with Crippen molar-refractivity contribution in [1.29, 1.82) is 0 Å². The van der Waals surface area contributed by atoms with E-state index in [2.05, 4.69) is 4.98 Å². The molecule has 0 unspecified atom stereocenters. The Kier molecular flexibility index (Phi) is 4.50. The van der Waals surface area contributed by atoms with E-state index in [1.165, 1.54) is 30.6 Å². The zero-order valence-electron chi connectivity index (χ0n) is 9.84. The monoisotopic (exact) mass is 254 g/mol. The maximum absolute atomic E-state index is 12.3. The van der Waals surface area contributed by atoms with Crippen LogP contribution in [-0.2, 0) is 0 Å². The van der Waals surface area contributed by atoms with Gasteiger partial charge in [0.15, 0.2) is 0 Å². The van der Waals surface area contributed by atoms with E-state index in [1.807, 2.05) is 0 Å². The Morgan fingerprint density at radius 2 is 2.24 bits per heavy atom. The van der Waals surface area contributed by atoms with Gasteiger partial charge < -0.3 is 10.0 Å². The van der Waals surface area contributed by atoms with Crippen LogP contribution in [0.15, 0.2) is 10.9 Å². The minimum Gasteiger partial charge on any atom is -0.395 e. The Labute approximate surface area is 105 Å². The lowest BCUT2D eigenvalue weighted by molar-refractivity contribution is 0.0580. The number of rotatable bonds is 4. The molecule has 5 heteroatoms. The summed E-state index contributed by atoms with van der Waals surface area (Å²) in [5.74, 6) is -0.0350. The van der Waals surface area contributed by atoms with E-state index in [0.717, 1.165) is 12.8 Å². The van der Waals surface area contributed by atoms with Gasteiger partial charge in [-0.15, -0.1) is 11.3 Å². The minimum absolute atomic E-state index is 0.0202. The van der Waals surface area contributed by atoms with Crippen molar-refractivity contribution >= 4 is 17.2 Å². The number of aliphatic hydroxyl groups is 1. The number of hydrogen-bond acceptors (Lipinski definition) is 4. The fourth-order valence-corrected chi connectivity index (χ4v) is 2.94. The maximum Gasteiger partial charge on any atom is 0.273 e. The summed E-state index contributed by atoms with van der Waals surface area (Å²) in [6, 6.07) is 0.282. The quantitative estimate of drug-likeness (QED) is 0.893. The second-order valence-electron chi connectivity index (χ2n) is 4.39. The number of carbonyl (C=O) groups excluding carboxylic acids is 1. The van der Waals surface area contributed by atoms with E-state index in [1.54, 1.807) is 15.8 Å². The first kappa shape index (κ1) is 12.5. The van der Waals surface area contributed by atoms with Gasteiger partial charge in [0.05, 0.1) is 12.1 Å². The summed E-state index contributed by atoms with van der Waals surface area (Å²) in [5.41, 5.74) is 2.18. The van der Waals surface area contributed by atoms with Crippen LogP contribution in [0.25, 0.3) is 0 Å². The zero-order valence-corrected chi connectivity index (χ0v) is 10.7. The molecule has 1 amide bonds. The van der Waals surface area contributed by atoms with Crippen LogP contribution < -0.4 is 0 Å². The van der Waals surface area contributed by atoms with Crippen LogP contribution >= 0.6 is 11.3 Å². The first-order valence-corrected chi connectivity index (χ1v) is 7.07. The van der Waals surface area contributed by atoms with Gasteiger partial charge >= 0.3 is 0 Å². The number of carbonyl (C=O) groups is 1. The van der Waals surface area contributed by atoms with Crippen LogP contribution in [0.3, 0.4) is 0 Å². The number of thiazole rings is 1. The third-order valence-corrected chi connectivity index (χ3v) is 3.86. The average molecular weight is 254 g/mol. The summed E-state index contributed by atoms with van der Waals surface area (Å²) in [7, 11) is 0. The van der Waals surface area contributed by atoms with Gasteiger partial charge in [0.25, 0.3) is 5.91 Å². The van der Waals surface area contributed by atoms with Crippen LogP contribution in [0.2, 0.25) is 0 Å². The van der Waals surface area contributed by atoms with Crippen molar-refractivity contribution in [2.24, 2.45) is 0 Å². The number of nitrogens with zero attached hydrogens (tertiary/aromatic N) is 2. The molecule has 1 aromatic rings. The molecule has 1 saturated carbocycles. The zero-order chi connectivity index (χ0) is 12.1. The van der Waals surface area contributed by atoms with Crippen molar-refractivity contribution in [3.05, 3.63) is 16.6 Å². The van der Waals surface area contributed by atoms with Gasteiger partial charge in [-0.25, -0.2) is 4.98 Å². The van der Waals surface area contributed by atoms with E-state index < -0.39 is 0 Å². The number of aliphatic hydroxyl groups excluding tert-OH is 1. The highest BCUT2D eigenvalue weighted by molar-refractivity contribution is 7.07. The van der Waals surface area contributed by atoms with Gasteiger partial charge in [-0.05, 0) is 12.8 Å². The summed E-state index contributed by atoms with van der Waals surface area (Å²) in [4.78, 5) is 18.1. The Hall–Kier alpha value is -0.940. The van der Waals surface area contributed by atoms with Crippen LogP contribution in [0.1, 0.15) is 42.6 Å². The molecule has 1 aromatic heterocycles. The summed E-state index contributed by atoms with van der Waals surface area (Å²) in [6.07, 6.45) is 5.72. The van der Waals surface area contributed by atoms with Crippen LogP contribution in [-0.4, -0.2) is 40.1 Å². The molecule has 2 rings (SSSR count). The van der Waals surface area contributed by atoms with E-state index in [9.17, 15) is 4.79 Å². The Morgan fingerprint density at radius 1 is 1.47 bits per heavy atom. The Bertz CT molecular complexity index is 347. The first-order chi connectivity index (χ1) is 8.33. The topological polar surface area (TPSA) is 53.4 Å². The molecule has 4 nitrogen and oxygen atoms in total. The third kappa shape index (κ3) is 3.04. The predicted octanol–water partition coefficient (Wildman–Crippen LogP) is 1.91. The molecular weight excluding hydrogens is 236 g/mol. The molecule has 1 fully saturated rings. The predicted molar refractivity (Wildman–Crippen MR) is 67.1 cm³/mol. The summed E-state index contributed by atoms with van der Waals surface area (Å²) in [6.45, 7) is 0.438. The molecule has 0 saturated heterocycles. The van der Waals surface area contributed by atoms with E-state index >= 15 is 0 Å². The number of aromatic nitrogens is 1. The lowest BCUT2D eigenvalue weighted by Crippen LogP contribution is -2.43. The minimum atomic E-state index is -0.0350. The average Bonchev–Trinajstić information content (AvgIpc) is 2.90. The SMILES string of the molecule is O=C(c1cscn1)N(CCO)C1CCCCC1. The second-order valence-corrected chi connectivity index (χ2v) is 5.11. The smallest absolute Gasteiger partial charge is 0.273 e. The molecule has 0 aromatic carbocycles. The van der Waals surface area contributed by atoms with E-state index in [0.29, 0.717) is 12.2 Å². The Balaban J connectivity index is 2.07. The Morgan fingerprint density at radius 3 is 2.82 bits per heavy atom. The van der Waals surface area contributed by atoms with Crippen molar-refractivity contribution in [2.45, 2.75) is 38.1 Å². The summed E-state index contributed by atoms with van der Waals surface area (Å²) < 4.78 is 0. The van der Waals surface area contributed by atoms with Crippen molar-refractivity contribution < 1.29 is 9.90 Å². The van der Waals surface area contributed by atoms with Crippen LogP contribution in [0, 0.1) is 0 Å². The highest BCUT2D eigenvalue weighted by Crippen LogP contribution is 2.23. The standard InChI is InChI=1S/C12H18N2O2S/c15-7-6-14(10-4-2-1-3-5-10)12(16)11-8-17-9-13-11/h8-10,15H,1-7H2. The summed E-state index contributed by atoms with van der Waals surface area (Å²) >= 11 is 1.43. The van der Waals surface area contributed by atoms with Crippen LogP contribution in [0.5, 0.6) is 0 Å². The van der Waals surface area contributed by atoms with Gasteiger partial charge in [0, 0.05) is 18.0 Å². The lowest BCUT2D eigenvalue weighted by Gasteiger charge is -2.33. The van der Waals surface area contributed by atoms with Gasteiger partial charge in [0.2, 0.25) is 0 Å². The molecule has 0 atom stereocenters. The largest absolute Gasteiger partial charge is 0.395 e. The van der Waals surface area contributed by atoms with Gasteiger partial charge in [-0.1, -0.05) is 19.3 Å². The van der Waals surface area contributed by atoms with Crippen molar-refractivity contribution in [1.82, 2.24) is 9.88 Å². The van der Waals surface area contributed by atoms with Crippen molar-refractivity contribution in [2.75, 3.05) is 13.2 Å². The molecule has 1 aliphatic rings. The van der Waals surface area contributed by atoms with Crippen LogP contribution in [0.4, 0.5) is 0 Å². The molecule has 0 spiro atoms. The molecule has 94 valence electrons. The van der Waals surface area contributed by atoms with E-state index in [4.69, 9.17) is 5.11 Å². The molecule has 0 bridgehead atoms. The van der Waals surface area contributed by atoms with Gasteiger partial charge in [-0.2, -0.15) is 0 Å². The molecule has 0 radical (unpaired) electrons. The molecule has 1 heterocycles. The molecule has 0 aliphatic heterocycles. The highest BCUT2D eigenvalue weighted by Gasteiger charge is 2.26. The van der Waals surface area contributed by atoms with Crippen molar-refractivity contribution in [3.63, 3.8) is 0 Å². The fourth-order valence-electron chi connectivity index (χ4n) is 2.42. The van der Waals surface area contributed by atoms with Crippen molar-refractivity contribution in [3.8, 4) is 0 Å². The molecule has 1 N–H and O–H groups in total. The second kappa shape index (κ2) is 6.12. The number of amides is 1. The highest BCUT2D eigenvalue weighted by atomic mass is 32.1. The first-order valence-electron chi connectivity index (χ1n) is 6.13. The summed E-state index contributed by atoms with van der Waals surface area (Å²) in [5, 5.41) is 10.9. The van der Waals surface area contributed by atoms with E-state index in [-0.39, 0.29) is 18.6 Å². The third-order valence-electron chi connectivity index (χ3n) is 3.27.